The molecule has 1 saturated heterocycles. The molecule has 0 aromatic carbocycles. The van der Waals surface area contributed by atoms with Crippen LogP contribution in [0.3, 0.4) is 0 Å². The molecule has 5 aliphatic rings. The van der Waals surface area contributed by atoms with Crippen LogP contribution in [0.15, 0.2) is 11.6 Å². The van der Waals surface area contributed by atoms with Gasteiger partial charge >= 0.3 is 5.97 Å². The van der Waals surface area contributed by atoms with Crippen LogP contribution in [-0.2, 0) is 14.3 Å². The first-order valence-corrected chi connectivity index (χ1v) is 12.6. The van der Waals surface area contributed by atoms with Gasteiger partial charge < -0.3 is 14.6 Å². The summed E-state index contributed by atoms with van der Waals surface area (Å²) in [6.45, 7) is 14.4. The molecular weight excluding hydrogens is 388 g/mol. The second-order valence-electron chi connectivity index (χ2n) is 12.9. The van der Waals surface area contributed by atoms with Crippen LogP contribution in [0, 0.1) is 45.3 Å². The van der Waals surface area contributed by atoms with E-state index in [0.29, 0.717) is 23.9 Å². The fourth-order valence-corrected chi connectivity index (χ4v) is 10.1. The average molecular weight is 431 g/mol. The molecule has 9 atom stereocenters. The van der Waals surface area contributed by atoms with Gasteiger partial charge in [-0.2, -0.15) is 0 Å². The highest BCUT2D eigenvalue weighted by atomic mass is 16.6. The van der Waals surface area contributed by atoms with E-state index in [1.165, 1.54) is 37.7 Å². The molecule has 0 spiro atoms. The van der Waals surface area contributed by atoms with Crippen molar-refractivity contribution in [3.05, 3.63) is 11.6 Å². The zero-order valence-electron chi connectivity index (χ0n) is 20.4. The lowest BCUT2D eigenvalue weighted by atomic mass is 9.34. The second kappa shape index (κ2) is 6.82. The SMILES string of the molecule is CC(=O)O[C@@H]1C[C@H]2[C@@]3(C)CCCC(C)(C)[C@H]3CC[C@@]2(C)[C@@H]2CC=C3CO[C@H](O)[C@H]3[C@@]12C. The summed E-state index contributed by atoms with van der Waals surface area (Å²) in [5, 5.41) is 10.9. The summed E-state index contributed by atoms with van der Waals surface area (Å²) in [7, 11) is 0. The van der Waals surface area contributed by atoms with E-state index in [1.54, 1.807) is 6.92 Å². The van der Waals surface area contributed by atoms with Crippen LogP contribution >= 0.6 is 0 Å². The molecule has 4 heteroatoms. The van der Waals surface area contributed by atoms with Crippen molar-refractivity contribution in [2.24, 2.45) is 45.3 Å². The highest BCUT2D eigenvalue weighted by molar-refractivity contribution is 5.66. The molecule has 0 aromatic rings. The molecule has 174 valence electrons. The molecule has 3 saturated carbocycles. The Morgan fingerprint density at radius 1 is 1.06 bits per heavy atom. The first-order valence-electron chi connectivity index (χ1n) is 12.6. The lowest BCUT2D eigenvalue weighted by Gasteiger charge is -2.70. The van der Waals surface area contributed by atoms with E-state index in [0.717, 1.165) is 18.8 Å². The van der Waals surface area contributed by atoms with Crippen molar-refractivity contribution in [2.75, 3.05) is 6.61 Å². The lowest BCUT2D eigenvalue weighted by molar-refractivity contribution is -0.253. The number of carbonyl (C=O) groups excluding carboxylic acids is 1. The van der Waals surface area contributed by atoms with Crippen molar-refractivity contribution in [1.29, 1.82) is 0 Å². The molecule has 1 aliphatic heterocycles. The normalized spacial score (nSPS) is 52.8. The summed E-state index contributed by atoms with van der Waals surface area (Å²) >= 11 is 0. The van der Waals surface area contributed by atoms with Gasteiger partial charge in [0.15, 0.2) is 6.29 Å². The Labute approximate surface area is 188 Å². The molecule has 0 bridgehead atoms. The third-order valence-electron chi connectivity index (χ3n) is 11.2. The molecule has 0 unspecified atom stereocenters. The Bertz CT molecular complexity index is 801. The Morgan fingerprint density at radius 3 is 2.48 bits per heavy atom. The highest BCUT2D eigenvalue weighted by Crippen LogP contribution is 2.73. The van der Waals surface area contributed by atoms with Crippen LogP contribution in [0.5, 0.6) is 0 Å². The number of fused-ring (bicyclic) bond motifs is 7. The molecule has 1 heterocycles. The second-order valence-corrected chi connectivity index (χ2v) is 12.9. The van der Waals surface area contributed by atoms with Crippen LogP contribution in [-0.4, -0.2) is 30.1 Å². The quantitative estimate of drug-likeness (QED) is 0.442. The minimum atomic E-state index is -0.794. The van der Waals surface area contributed by atoms with Crippen LogP contribution in [0.25, 0.3) is 0 Å². The largest absolute Gasteiger partial charge is 0.462 e. The minimum Gasteiger partial charge on any atom is -0.462 e. The van der Waals surface area contributed by atoms with Crippen LogP contribution in [0.2, 0.25) is 0 Å². The molecule has 1 N–H and O–H groups in total. The third kappa shape index (κ3) is 2.82. The number of allylic oxidation sites excluding steroid dienone is 1. The Balaban J connectivity index is 1.62. The Morgan fingerprint density at radius 2 is 1.77 bits per heavy atom. The highest BCUT2D eigenvalue weighted by Gasteiger charge is 2.70. The predicted molar refractivity (Wildman–Crippen MR) is 120 cm³/mol. The Kier molecular flexibility index (Phi) is 4.83. The zero-order valence-corrected chi connectivity index (χ0v) is 20.4. The molecule has 0 aromatic heterocycles. The standard InChI is InChI=1S/C27H42O4/c1-16(28)31-21-14-20-25(4)12-7-11-24(2,3)18(25)10-13-26(20,5)19-9-8-17-15-30-23(29)22(17)27(19,21)6/h8,18-23,29H,7,9-15H2,1-6H3/t18-,19+,20+,21-,22+,23+,25+,26+,27-/m1/s1. The maximum atomic E-state index is 12.3. The summed E-state index contributed by atoms with van der Waals surface area (Å²) in [5.74, 6) is 1.39. The van der Waals surface area contributed by atoms with Gasteiger partial charge in [-0.15, -0.1) is 0 Å². The molecule has 31 heavy (non-hydrogen) atoms. The van der Waals surface area contributed by atoms with Crippen molar-refractivity contribution in [3.8, 4) is 0 Å². The number of hydrogen-bond donors (Lipinski definition) is 1. The lowest BCUT2D eigenvalue weighted by Crippen LogP contribution is -2.67. The van der Waals surface area contributed by atoms with Gasteiger partial charge in [0.2, 0.25) is 0 Å². The van der Waals surface area contributed by atoms with E-state index >= 15 is 0 Å². The molecule has 4 aliphatic carbocycles. The summed E-state index contributed by atoms with van der Waals surface area (Å²) in [5.41, 5.74) is 1.77. The van der Waals surface area contributed by atoms with Gasteiger partial charge in [0.05, 0.1) is 6.61 Å². The van der Waals surface area contributed by atoms with Gasteiger partial charge in [0.25, 0.3) is 0 Å². The molecule has 4 fully saturated rings. The first kappa shape index (κ1) is 21.9. The Hall–Kier alpha value is -0.870. The van der Waals surface area contributed by atoms with E-state index < -0.39 is 6.29 Å². The number of aliphatic hydroxyl groups is 1. The maximum absolute atomic E-state index is 12.3. The number of aliphatic hydroxyl groups excluding tert-OH is 1. The number of carbonyl (C=O) groups is 1. The molecule has 4 nitrogen and oxygen atoms in total. The van der Waals surface area contributed by atoms with E-state index in [1.807, 2.05) is 0 Å². The van der Waals surface area contributed by atoms with Crippen LogP contribution < -0.4 is 0 Å². The molecule has 0 radical (unpaired) electrons. The van der Waals surface area contributed by atoms with Crippen molar-refractivity contribution in [3.63, 3.8) is 0 Å². The fraction of sp³-hybridized carbons (Fsp3) is 0.889. The number of hydrogen-bond acceptors (Lipinski definition) is 4. The fourth-order valence-electron chi connectivity index (χ4n) is 10.1. The topological polar surface area (TPSA) is 55.8 Å². The predicted octanol–water partition coefficient (Wildman–Crippen LogP) is 5.49. The average Bonchev–Trinajstić information content (AvgIpc) is 3.04. The van der Waals surface area contributed by atoms with Gasteiger partial charge in [-0.1, -0.05) is 47.1 Å². The summed E-state index contributed by atoms with van der Waals surface area (Å²) in [4.78, 5) is 12.3. The van der Waals surface area contributed by atoms with Crippen LogP contribution in [0.1, 0.15) is 86.5 Å². The summed E-state index contributed by atoms with van der Waals surface area (Å²) in [6, 6.07) is 0. The smallest absolute Gasteiger partial charge is 0.302 e. The van der Waals surface area contributed by atoms with Gasteiger partial charge in [-0.3, -0.25) is 4.79 Å². The van der Waals surface area contributed by atoms with Crippen LogP contribution in [0.4, 0.5) is 0 Å². The van der Waals surface area contributed by atoms with E-state index in [-0.39, 0.29) is 34.2 Å². The third-order valence-corrected chi connectivity index (χ3v) is 11.2. The van der Waals surface area contributed by atoms with Gasteiger partial charge in [0, 0.05) is 18.3 Å². The summed E-state index contributed by atoms with van der Waals surface area (Å²) < 4.78 is 11.9. The minimum absolute atomic E-state index is 0.0679. The van der Waals surface area contributed by atoms with Crippen molar-refractivity contribution >= 4 is 5.97 Å². The van der Waals surface area contributed by atoms with E-state index in [9.17, 15) is 9.90 Å². The van der Waals surface area contributed by atoms with Gasteiger partial charge in [-0.25, -0.2) is 0 Å². The monoisotopic (exact) mass is 430 g/mol. The molecular formula is C27H42O4. The first-order chi connectivity index (χ1) is 14.4. The zero-order chi connectivity index (χ0) is 22.4. The van der Waals surface area contributed by atoms with Gasteiger partial charge in [0.1, 0.15) is 6.10 Å². The van der Waals surface area contributed by atoms with E-state index in [4.69, 9.17) is 9.47 Å². The van der Waals surface area contributed by atoms with Gasteiger partial charge in [-0.05, 0) is 78.1 Å². The number of ether oxygens (including phenoxy) is 2. The number of rotatable bonds is 1. The van der Waals surface area contributed by atoms with Crippen molar-refractivity contribution < 1.29 is 19.4 Å². The van der Waals surface area contributed by atoms with Crippen molar-refractivity contribution in [2.45, 2.75) is 98.9 Å². The van der Waals surface area contributed by atoms with E-state index in [2.05, 4.69) is 40.7 Å². The van der Waals surface area contributed by atoms with Crippen molar-refractivity contribution in [1.82, 2.24) is 0 Å². The summed E-state index contributed by atoms with van der Waals surface area (Å²) in [6.07, 6.45) is 9.75. The molecule has 5 rings (SSSR count). The maximum Gasteiger partial charge on any atom is 0.302 e. The molecule has 0 amide bonds. The number of esters is 1.